The monoisotopic (exact) mass is 535 g/mol. The van der Waals surface area contributed by atoms with E-state index in [-0.39, 0.29) is 30.0 Å². The minimum absolute atomic E-state index is 0.0120. The number of carboxylic acids is 1. The fourth-order valence-corrected chi connectivity index (χ4v) is 5.34. The van der Waals surface area contributed by atoms with Gasteiger partial charge < -0.3 is 30.1 Å². The molecule has 2 aliphatic heterocycles. The van der Waals surface area contributed by atoms with Crippen molar-refractivity contribution >= 4 is 11.9 Å². The number of aromatic hydroxyl groups is 2. The van der Waals surface area contributed by atoms with E-state index in [1.807, 2.05) is 6.92 Å². The molecule has 2 aromatic carbocycles. The van der Waals surface area contributed by atoms with Crippen LogP contribution in [0.1, 0.15) is 86.5 Å². The summed E-state index contributed by atoms with van der Waals surface area (Å²) in [6.45, 7) is 8.05. The first-order valence-corrected chi connectivity index (χ1v) is 13.3. The quantitative estimate of drug-likeness (QED) is 0.316. The highest BCUT2D eigenvalue weighted by Gasteiger charge is 2.46. The first-order chi connectivity index (χ1) is 18.4. The van der Waals surface area contributed by atoms with Crippen molar-refractivity contribution in [2.45, 2.75) is 84.1 Å². The minimum atomic E-state index is -1.29. The van der Waals surface area contributed by atoms with Crippen LogP contribution in [0, 0.1) is 0 Å². The van der Waals surface area contributed by atoms with Crippen LogP contribution in [0.15, 0.2) is 53.6 Å². The number of amides is 1. The van der Waals surface area contributed by atoms with Gasteiger partial charge in [-0.1, -0.05) is 35.4 Å². The molecule has 0 aromatic heterocycles. The van der Waals surface area contributed by atoms with Crippen molar-refractivity contribution in [1.82, 2.24) is 4.90 Å². The summed E-state index contributed by atoms with van der Waals surface area (Å²) in [6.07, 6.45) is 6.80. The van der Waals surface area contributed by atoms with Crippen LogP contribution in [0.2, 0.25) is 0 Å². The molecule has 2 aliphatic rings. The molecule has 0 bridgehead atoms. The third-order valence-corrected chi connectivity index (χ3v) is 7.70. The molecule has 4 rings (SSSR count). The Morgan fingerprint density at radius 3 is 2.46 bits per heavy atom. The van der Waals surface area contributed by atoms with E-state index in [9.17, 15) is 30.0 Å². The zero-order valence-corrected chi connectivity index (χ0v) is 22.9. The molecule has 3 atom stereocenters. The van der Waals surface area contributed by atoms with E-state index in [0.29, 0.717) is 35.3 Å². The number of phenolic OH excluding ortho intramolecular Hbond substituents is 2. The molecule has 8 nitrogen and oxygen atoms in total. The summed E-state index contributed by atoms with van der Waals surface area (Å²) in [6, 6.07) is 5.74. The lowest BCUT2D eigenvalue weighted by Crippen LogP contribution is -2.49. The fourth-order valence-electron chi connectivity index (χ4n) is 5.34. The normalized spacial score (nSPS) is 21.2. The molecule has 1 amide bonds. The average molecular weight is 536 g/mol. The van der Waals surface area contributed by atoms with E-state index in [1.54, 1.807) is 0 Å². The van der Waals surface area contributed by atoms with Gasteiger partial charge in [0.15, 0.2) is 6.04 Å². The number of carboxylic acid groups (broad SMARTS) is 1. The number of phenols is 2. The number of aliphatic hydroxyl groups is 1. The van der Waals surface area contributed by atoms with Crippen LogP contribution < -0.4 is 4.74 Å². The summed E-state index contributed by atoms with van der Waals surface area (Å²) in [5, 5.41) is 41.4. The van der Waals surface area contributed by atoms with Crippen LogP contribution in [-0.4, -0.2) is 48.9 Å². The average Bonchev–Trinajstić information content (AvgIpc) is 3.17. The maximum Gasteiger partial charge on any atom is 0.331 e. The highest BCUT2D eigenvalue weighted by molar-refractivity contribution is 6.02. The van der Waals surface area contributed by atoms with Gasteiger partial charge in [0.25, 0.3) is 5.91 Å². The zero-order chi connectivity index (χ0) is 28.5. The van der Waals surface area contributed by atoms with Gasteiger partial charge in [-0.15, -0.1) is 0 Å². The molecule has 0 fully saturated rings. The van der Waals surface area contributed by atoms with Gasteiger partial charge in [-0.25, -0.2) is 4.79 Å². The standard InChI is InChI=1S/C31H37NO7/c1-18(2)7-5-8-19(3)9-6-14-31(4)26(35)16-23-25(34)15-22-24(28(23)39-31)17-32(29(22)36)27(30(37)38)20-10-12-21(33)13-11-20/h7,9-13,15,26-27,33-35H,5-6,8,14,16-17H2,1-4H3,(H,37,38)/t26-,27+,31-/m0/s1. The summed E-state index contributed by atoms with van der Waals surface area (Å²) in [5.74, 6) is -1.58. The molecule has 0 unspecified atom stereocenters. The van der Waals surface area contributed by atoms with Gasteiger partial charge >= 0.3 is 5.97 Å². The number of hydrogen-bond acceptors (Lipinski definition) is 6. The predicted octanol–water partition coefficient (Wildman–Crippen LogP) is 5.41. The van der Waals surface area contributed by atoms with Crippen molar-refractivity contribution in [3.63, 3.8) is 0 Å². The van der Waals surface area contributed by atoms with Gasteiger partial charge in [-0.2, -0.15) is 0 Å². The molecule has 39 heavy (non-hydrogen) atoms. The molecule has 8 heteroatoms. The second kappa shape index (κ2) is 11.1. The number of carbonyl (C=O) groups is 2. The SMILES string of the molecule is CC(C)=CCCC(C)=CCC[C@]1(C)Oc2c(c(O)cc3c2CN([C@@H](C(=O)O)c2ccc(O)cc2)C3=O)C[C@@H]1O. The van der Waals surface area contributed by atoms with Gasteiger partial charge in [0.05, 0.1) is 18.2 Å². The van der Waals surface area contributed by atoms with Crippen LogP contribution in [0.3, 0.4) is 0 Å². The van der Waals surface area contributed by atoms with Crippen LogP contribution in [0.4, 0.5) is 0 Å². The zero-order valence-electron chi connectivity index (χ0n) is 22.9. The lowest BCUT2D eigenvalue weighted by molar-refractivity contribution is -0.142. The molecular formula is C31H37NO7. The van der Waals surface area contributed by atoms with Gasteiger partial charge in [0.2, 0.25) is 0 Å². The van der Waals surface area contributed by atoms with E-state index in [2.05, 4.69) is 32.9 Å². The summed E-state index contributed by atoms with van der Waals surface area (Å²) in [4.78, 5) is 26.9. The van der Waals surface area contributed by atoms with Crippen LogP contribution in [0.25, 0.3) is 0 Å². The van der Waals surface area contributed by atoms with Gasteiger partial charge in [-0.05, 0) is 77.1 Å². The van der Waals surface area contributed by atoms with Gasteiger partial charge in [0.1, 0.15) is 22.8 Å². The largest absolute Gasteiger partial charge is 0.508 e. The molecular weight excluding hydrogens is 498 g/mol. The molecule has 0 radical (unpaired) electrons. The molecule has 0 saturated carbocycles. The topological polar surface area (TPSA) is 128 Å². The number of hydrogen-bond donors (Lipinski definition) is 4. The van der Waals surface area contributed by atoms with Crippen molar-refractivity contribution in [2.24, 2.45) is 0 Å². The van der Waals surface area contributed by atoms with Crippen LogP contribution >= 0.6 is 0 Å². The third kappa shape index (κ3) is 5.81. The number of carbonyl (C=O) groups excluding carboxylic acids is 1. The Hall–Kier alpha value is -3.78. The molecule has 4 N–H and O–H groups in total. The predicted molar refractivity (Wildman–Crippen MR) is 147 cm³/mol. The molecule has 2 aromatic rings. The summed E-state index contributed by atoms with van der Waals surface area (Å²) < 4.78 is 6.40. The van der Waals surface area contributed by atoms with E-state index in [0.717, 1.165) is 12.8 Å². The summed E-state index contributed by atoms with van der Waals surface area (Å²) >= 11 is 0. The Kier molecular flexibility index (Phi) is 8.07. The van der Waals surface area contributed by atoms with Crippen molar-refractivity contribution < 1.29 is 34.8 Å². The fraction of sp³-hybridized carbons (Fsp3) is 0.419. The van der Waals surface area contributed by atoms with E-state index in [4.69, 9.17) is 4.74 Å². The first kappa shape index (κ1) is 28.2. The number of ether oxygens (including phenoxy) is 1. The Morgan fingerprint density at radius 2 is 1.82 bits per heavy atom. The highest BCUT2D eigenvalue weighted by atomic mass is 16.5. The number of fused-ring (bicyclic) bond motifs is 3. The lowest BCUT2D eigenvalue weighted by Gasteiger charge is -2.41. The van der Waals surface area contributed by atoms with Crippen molar-refractivity contribution in [2.75, 3.05) is 0 Å². The van der Waals surface area contributed by atoms with Gasteiger partial charge in [-0.3, -0.25) is 4.79 Å². The van der Waals surface area contributed by atoms with Crippen LogP contribution in [-0.2, 0) is 17.8 Å². The molecule has 0 aliphatic carbocycles. The highest BCUT2D eigenvalue weighted by Crippen LogP contribution is 2.47. The number of benzene rings is 2. The smallest absolute Gasteiger partial charge is 0.331 e. The number of allylic oxidation sites excluding steroid dienone is 4. The maximum absolute atomic E-state index is 13.4. The summed E-state index contributed by atoms with van der Waals surface area (Å²) in [7, 11) is 0. The van der Waals surface area contributed by atoms with Crippen molar-refractivity contribution in [1.29, 1.82) is 0 Å². The number of aliphatic hydroxyl groups excluding tert-OH is 1. The Balaban J connectivity index is 1.59. The Bertz CT molecular complexity index is 1320. The van der Waals surface area contributed by atoms with E-state index < -0.39 is 29.6 Å². The molecule has 2 heterocycles. The first-order valence-electron chi connectivity index (χ1n) is 13.3. The maximum atomic E-state index is 13.4. The molecule has 0 saturated heterocycles. The third-order valence-electron chi connectivity index (χ3n) is 7.70. The number of rotatable bonds is 9. The second-order valence-corrected chi connectivity index (χ2v) is 11.0. The minimum Gasteiger partial charge on any atom is -0.508 e. The Morgan fingerprint density at radius 1 is 1.13 bits per heavy atom. The Labute approximate surface area is 228 Å². The van der Waals surface area contributed by atoms with E-state index in [1.165, 1.54) is 46.4 Å². The van der Waals surface area contributed by atoms with Crippen molar-refractivity contribution in [3.8, 4) is 17.2 Å². The van der Waals surface area contributed by atoms with E-state index >= 15 is 0 Å². The molecule has 208 valence electrons. The molecule has 0 spiro atoms. The summed E-state index contributed by atoms with van der Waals surface area (Å²) in [5.41, 5.74) is 3.04. The lowest BCUT2D eigenvalue weighted by atomic mass is 9.84. The number of nitrogens with zero attached hydrogens (tertiary/aromatic N) is 1. The van der Waals surface area contributed by atoms with Crippen molar-refractivity contribution in [3.05, 3.63) is 75.9 Å². The second-order valence-electron chi connectivity index (χ2n) is 11.0. The van der Waals surface area contributed by atoms with Gasteiger partial charge in [0, 0.05) is 17.5 Å². The van der Waals surface area contributed by atoms with Crippen LogP contribution in [0.5, 0.6) is 17.2 Å². The number of aliphatic carboxylic acids is 1.